The molecule has 0 radical (unpaired) electrons. The van der Waals surface area contributed by atoms with Crippen LogP contribution in [-0.4, -0.2) is 107 Å². The first-order chi connectivity index (χ1) is 26.2. The van der Waals surface area contributed by atoms with E-state index in [2.05, 4.69) is 10.3 Å². The van der Waals surface area contributed by atoms with Crippen molar-refractivity contribution in [1.82, 2.24) is 24.9 Å². The van der Waals surface area contributed by atoms with Crippen molar-refractivity contribution < 1.29 is 43.0 Å². The van der Waals surface area contributed by atoms with Gasteiger partial charge in [-0.15, -0.1) is 4.99 Å². The number of amides is 7. The van der Waals surface area contributed by atoms with Gasteiger partial charge in [0.15, 0.2) is 6.04 Å². The topological polar surface area (TPSA) is 193 Å². The van der Waals surface area contributed by atoms with Crippen LogP contribution in [0.2, 0.25) is 0 Å². The van der Waals surface area contributed by atoms with Crippen molar-refractivity contribution in [3.05, 3.63) is 108 Å². The van der Waals surface area contributed by atoms with Crippen LogP contribution < -0.4 is 11.1 Å². The summed E-state index contributed by atoms with van der Waals surface area (Å²) in [5.41, 5.74) is 8.30. The highest BCUT2D eigenvalue weighted by Crippen LogP contribution is 2.33. The lowest BCUT2D eigenvalue weighted by molar-refractivity contribution is -0.171. The molecule has 0 aliphatic carbocycles. The summed E-state index contributed by atoms with van der Waals surface area (Å²) >= 11 is 0. The summed E-state index contributed by atoms with van der Waals surface area (Å²) < 4.78 is 16.2. The second kappa shape index (κ2) is 18.9. The van der Waals surface area contributed by atoms with E-state index in [1.165, 1.54) is 11.9 Å². The van der Waals surface area contributed by atoms with Crippen LogP contribution in [0.4, 0.5) is 19.2 Å². The van der Waals surface area contributed by atoms with Gasteiger partial charge in [-0.1, -0.05) is 91.0 Å². The minimum absolute atomic E-state index is 0.0480. The van der Waals surface area contributed by atoms with Gasteiger partial charge in [-0.2, -0.15) is 0 Å². The third-order valence-electron chi connectivity index (χ3n) is 8.95. The third-order valence-corrected chi connectivity index (χ3v) is 8.95. The van der Waals surface area contributed by atoms with Crippen LogP contribution in [0, 0.1) is 5.92 Å². The van der Waals surface area contributed by atoms with E-state index in [9.17, 15) is 28.8 Å². The van der Waals surface area contributed by atoms with Gasteiger partial charge in [0.25, 0.3) is 0 Å². The maximum Gasteiger partial charge on any atom is 0.437 e. The zero-order valence-corrected chi connectivity index (χ0v) is 29.9. The molecule has 2 aliphatic heterocycles. The molecule has 2 atom stereocenters. The Morgan fingerprint density at radius 2 is 1.26 bits per heavy atom. The van der Waals surface area contributed by atoms with Crippen molar-refractivity contribution >= 4 is 42.1 Å². The highest BCUT2D eigenvalue weighted by molar-refractivity contribution is 6.08. The second-order valence-electron chi connectivity index (χ2n) is 12.5. The fraction of sp³-hybridized carbons (Fsp3) is 0.342. The van der Waals surface area contributed by atoms with Crippen molar-refractivity contribution in [2.24, 2.45) is 16.6 Å². The number of carbonyl (C=O) groups is 6. The van der Waals surface area contributed by atoms with Crippen LogP contribution in [0.1, 0.15) is 29.5 Å². The number of likely N-dealkylation sites (tertiary alicyclic amines) is 1. The quantitative estimate of drug-likeness (QED) is 0.0963. The molecule has 0 spiro atoms. The van der Waals surface area contributed by atoms with Crippen molar-refractivity contribution in [3.8, 4) is 0 Å². The summed E-state index contributed by atoms with van der Waals surface area (Å²) in [6, 6.07) is 24.6. The maximum atomic E-state index is 13.6. The van der Waals surface area contributed by atoms with Gasteiger partial charge in [0.05, 0.1) is 5.92 Å². The highest BCUT2D eigenvalue weighted by atomic mass is 16.6. The van der Waals surface area contributed by atoms with Gasteiger partial charge in [-0.3, -0.25) is 4.79 Å². The van der Waals surface area contributed by atoms with Gasteiger partial charge in [0.2, 0.25) is 11.9 Å². The molecule has 0 saturated carbocycles. The maximum absolute atomic E-state index is 13.6. The molecular weight excluding hydrogens is 698 g/mol. The Morgan fingerprint density at radius 1 is 0.759 bits per heavy atom. The molecule has 5 rings (SSSR count). The van der Waals surface area contributed by atoms with Crippen LogP contribution in [0.3, 0.4) is 0 Å². The molecule has 2 saturated heterocycles. The van der Waals surface area contributed by atoms with Crippen molar-refractivity contribution in [2.45, 2.75) is 38.7 Å². The zero-order chi connectivity index (χ0) is 38.5. The molecule has 2 fully saturated rings. The molecule has 7 amide bonds. The average Bonchev–Trinajstić information content (AvgIpc) is 3.20. The molecular formula is C38H43N7O9. The number of rotatable bonds is 11. The number of piperazine rings is 1. The average molecular weight is 742 g/mol. The lowest BCUT2D eigenvalue weighted by Gasteiger charge is -2.46. The van der Waals surface area contributed by atoms with Crippen LogP contribution in [0.15, 0.2) is 96.0 Å². The first-order valence-electron chi connectivity index (χ1n) is 17.5. The number of hydrogen-bond donors (Lipinski definition) is 2. The van der Waals surface area contributed by atoms with Gasteiger partial charge in [0.1, 0.15) is 19.8 Å². The van der Waals surface area contributed by atoms with Crippen LogP contribution in [0.5, 0.6) is 0 Å². The van der Waals surface area contributed by atoms with E-state index in [1.54, 1.807) is 77.7 Å². The molecule has 0 bridgehead atoms. The lowest BCUT2D eigenvalue weighted by atomic mass is 9.83. The number of esters is 1. The van der Waals surface area contributed by atoms with E-state index < -0.39 is 48.0 Å². The molecule has 3 aromatic rings. The molecule has 16 heteroatoms. The van der Waals surface area contributed by atoms with Gasteiger partial charge in [-0.25, -0.2) is 33.8 Å². The third kappa shape index (κ3) is 10.1. The van der Waals surface area contributed by atoms with Crippen LogP contribution >= 0.6 is 0 Å². The minimum atomic E-state index is -1.23. The molecule has 0 aromatic heterocycles. The van der Waals surface area contributed by atoms with E-state index in [0.29, 0.717) is 5.56 Å². The Bertz CT molecular complexity index is 1800. The van der Waals surface area contributed by atoms with Gasteiger partial charge >= 0.3 is 30.2 Å². The summed E-state index contributed by atoms with van der Waals surface area (Å²) in [5.74, 6) is -2.79. The lowest BCUT2D eigenvalue weighted by Crippen LogP contribution is -2.69. The number of nitrogens with two attached hydrogens (primary N) is 1. The van der Waals surface area contributed by atoms with E-state index in [4.69, 9.17) is 19.9 Å². The second-order valence-corrected chi connectivity index (χ2v) is 12.5. The molecule has 1 unspecified atom stereocenters. The van der Waals surface area contributed by atoms with E-state index >= 15 is 0 Å². The first-order valence-corrected chi connectivity index (χ1v) is 17.5. The normalized spacial score (nSPS) is 16.9. The summed E-state index contributed by atoms with van der Waals surface area (Å²) in [5, 5.41) is 2.55. The number of carbonyl (C=O) groups excluding carboxylic acids is 6. The summed E-state index contributed by atoms with van der Waals surface area (Å²) in [6.07, 6.45) is -1.78. The Morgan fingerprint density at radius 3 is 1.80 bits per heavy atom. The molecule has 54 heavy (non-hydrogen) atoms. The van der Waals surface area contributed by atoms with Crippen molar-refractivity contribution in [3.63, 3.8) is 0 Å². The number of nitrogens with zero attached hydrogens (tertiary/aromatic N) is 5. The first kappa shape index (κ1) is 38.8. The molecule has 2 aliphatic rings. The predicted octanol–water partition coefficient (Wildman–Crippen LogP) is 3.70. The molecule has 3 N–H and O–H groups in total. The number of urea groups is 2. The number of guanidine groups is 1. The number of β-lactam (4-membered cyclic amide) rings is 1. The van der Waals surface area contributed by atoms with Crippen molar-refractivity contribution in [2.75, 3.05) is 39.8 Å². The van der Waals surface area contributed by atoms with Crippen LogP contribution in [-0.2, 0) is 43.6 Å². The largest absolute Gasteiger partial charge is 0.459 e. The Labute approximate surface area is 312 Å². The number of nitrogens with one attached hydrogen (secondary N) is 1. The number of imide groups is 1. The molecule has 16 nitrogen and oxygen atoms in total. The number of benzene rings is 3. The molecule has 3 aromatic carbocycles. The highest BCUT2D eigenvalue weighted by Gasteiger charge is 2.56. The zero-order valence-electron chi connectivity index (χ0n) is 29.9. The Hall–Kier alpha value is -6.45. The fourth-order valence-electron chi connectivity index (χ4n) is 6.01. The number of hydrogen-bond acceptors (Lipinski definition) is 9. The molecule has 2 heterocycles. The smallest absolute Gasteiger partial charge is 0.437 e. The molecule has 284 valence electrons. The van der Waals surface area contributed by atoms with E-state index in [-0.39, 0.29) is 71.4 Å². The van der Waals surface area contributed by atoms with Gasteiger partial charge in [0, 0.05) is 39.8 Å². The monoisotopic (exact) mass is 741 g/mol. The minimum Gasteiger partial charge on any atom is -0.459 e. The number of ether oxygens (including phenoxy) is 3. The number of aliphatic imine (C=N–C) groups is 1. The predicted molar refractivity (Wildman–Crippen MR) is 194 cm³/mol. The summed E-state index contributed by atoms with van der Waals surface area (Å²) in [7, 11) is 1.51. The van der Waals surface area contributed by atoms with Crippen LogP contribution in [0.25, 0.3) is 0 Å². The summed E-state index contributed by atoms with van der Waals surface area (Å²) in [6.45, 7) is 0.445. The van der Waals surface area contributed by atoms with E-state index in [1.807, 2.05) is 18.2 Å². The fourth-order valence-corrected chi connectivity index (χ4v) is 6.01. The Balaban J connectivity index is 1.27. The van der Waals surface area contributed by atoms with E-state index in [0.717, 1.165) is 20.9 Å². The van der Waals surface area contributed by atoms with Crippen molar-refractivity contribution in [1.29, 1.82) is 0 Å². The summed E-state index contributed by atoms with van der Waals surface area (Å²) in [4.78, 5) is 87.2. The Kier molecular flexibility index (Phi) is 13.5. The standard InChI is InChI=1S/C38H43N7O9/c1-40-35(48)42-20-22-43(23-21-42)37(50)45-31(33(47)52-24-27-12-5-2-6-13-27)30(32(45)46)18-11-19-44(38(51)54-26-29-16-9-4-10-17-29)34(39)41-36(49)53-25-28-14-7-3-8-15-28/h2-10,12-17,30-31H,11,18-26H2,1H3,(H,40,48)(H2,39,41,49)/t30-,31?/m1/s1. The SMILES string of the molecule is CNC(=O)N1CCN(C(=O)N2C(=O)[C@H](CCCN(C(=O)OCc3ccccc3)/C(N)=N/C(=O)OCc3ccccc3)C2C(=O)OCc2ccccc2)CC1. The van der Waals surface area contributed by atoms with Gasteiger partial charge in [-0.05, 0) is 29.5 Å². The van der Waals surface area contributed by atoms with Gasteiger partial charge < -0.3 is 35.1 Å².